The molecule has 0 aliphatic carbocycles. The Hall–Kier alpha value is -1.22. The molecule has 1 aliphatic rings. The quantitative estimate of drug-likeness (QED) is 0.406. The zero-order valence-electron chi connectivity index (χ0n) is 13.9. The second-order valence-corrected chi connectivity index (χ2v) is 6.56. The molecule has 1 fully saturated rings. The number of nitrogens with one attached hydrogen (secondary N) is 2. The van der Waals surface area contributed by atoms with E-state index >= 15 is 0 Å². The van der Waals surface area contributed by atoms with Crippen LogP contribution in [0.4, 0.5) is 5.00 Å². The number of thiophene rings is 1. The Morgan fingerprint density at radius 3 is 2.79 bits per heavy atom. The van der Waals surface area contributed by atoms with E-state index in [0.29, 0.717) is 12.6 Å². The molecule has 3 heterocycles. The summed E-state index contributed by atoms with van der Waals surface area (Å²) in [5, 5.41) is 10.4. The van der Waals surface area contributed by atoms with Gasteiger partial charge in [0.25, 0.3) is 0 Å². The number of guanidine groups is 1. The van der Waals surface area contributed by atoms with E-state index in [1.807, 2.05) is 23.5 Å². The number of furan rings is 1. The predicted molar refractivity (Wildman–Crippen MR) is 112 cm³/mol. The highest BCUT2D eigenvalue weighted by Crippen LogP contribution is 2.24. The van der Waals surface area contributed by atoms with Crippen molar-refractivity contribution in [1.82, 2.24) is 10.6 Å². The predicted octanol–water partition coefficient (Wildman–Crippen LogP) is 3.68. The Labute approximate surface area is 164 Å². The Kier molecular flexibility index (Phi) is 7.90. The Morgan fingerprint density at radius 1 is 1.33 bits per heavy atom. The van der Waals surface area contributed by atoms with Crippen molar-refractivity contribution < 1.29 is 4.42 Å². The molecule has 132 valence electrons. The molecule has 3 rings (SSSR count). The van der Waals surface area contributed by atoms with Gasteiger partial charge in [-0.25, -0.2) is 4.99 Å². The molecule has 5 nitrogen and oxygen atoms in total. The van der Waals surface area contributed by atoms with Crippen LogP contribution >= 0.6 is 35.3 Å². The highest BCUT2D eigenvalue weighted by Gasteiger charge is 2.20. The number of nitrogens with zero attached hydrogens (tertiary/aromatic N) is 2. The van der Waals surface area contributed by atoms with Gasteiger partial charge >= 0.3 is 0 Å². The first-order valence-corrected chi connectivity index (χ1v) is 9.09. The molecule has 2 N–H and O–H groups in total. The summed E-state index contributed by atoms with van der Waals surface area (Å²) in [6, 6.07) is 8.64. The van der Waals surface area contributed by atoms with Gasteiger partial charge in [0.15, 0.2) is 5.96 Å². The van der Waals surface area contributed by atoms with E-state index < -0.39 is 0 Å². The Bertz CT molecular complexity index is 592. The number of hydrogen-bond acceptors (Lipinski definition) is 4. The fourth-order valence-electron chi connectivity index (χ4n) is 2.77. The summed E-state index contributed by atoms with van der Waals surface area (Å²) < 4.78 is 5.34. The molecule has 24 heavy (non-hydrogen) atoms. The Balaban J connectivity index is 0.00000208. The molecule has 0 bridgehead atoms. The molecule has 0 radical (unpaired) electrons. The van der Waals surface area contributed by atoms with Crippen molar-refractivity contribution in [3.63, 3.8) is 0 Å². The summed E-state index contributed by atoms with van der Waals surface area (Å²) in [7, 11) is 0. The lowest BCUT2D eigenvalue weighted by Crippen LogP contribution is -2.48. The van der Waals surface area contributed by atoms with Crippen LogP contribution in [0.25, 0.3) is 0 Å². The molecule has 0 atom stereocenters. The van der Waals surface area contributed by atoms with Gasteiger partial charge in [-0.2, -0.15) is 0 Å². The van der Waals surface area contributed by atoms with Gasteiger partial charge in [0.1, 0.15) is 12.3 Å². The highest BCUT2D eigenvalue weighted by atomic mass is 127. The van der Waals surface area contributed by atoms with Crippen molar-refractivity contribution in [3.05, 3.63) is 41.7 Å². The molecule has 0 amide bonds. The van der Waals surface area contributed by atoms with Crippen molar-refractivity contribution >= 4 is 46.3 Å². The lowest BCUT2D eigenvalue weighted by atomic mass is 10.1. The summed E-state index contributed by atoms with van der Waals surface area (Å²) >= 11 is 1.82. The highest BCUT2D eigenvalue weighted by molar-refractivity contribution is 14.0. The molecule has 1 aliphatic heterocycles. The minimum Gasteiger partial charge on any atom is -0.467 e. The van der Waals surface area contributed by atoms with Crippen molar-refractivity contribution in [2.45, 2.75) is 32.4 Å². The number of hydrogen-bond donors (Lipinski definition) is 2. The lowest BCUT2D eigenvalue weighted by molar-refractivity contribution is 0.461. The number of aliphatic imine (C=N–C) groups is 1. The zero-order valence-corrected chi connectivity index (χ0v) is 17.1. The molecule has 0 saturated carbocycles. The van der Waals surface area contributed by atoms with Crippen LogP contribution in [-0.2, 0) is 6.54 Å². The first kappa shape index (κ1) is 19.1. The second-order valence-electron chi connectivity index (χ2n) is 5.63. The van der Waals surface area contributed by atoms with Gasteiger partial charge < -0.3 is 20.0 Å². The van der Waals surface area contributed by atoms with Gasteiger partial charge in [-0.1, -0.05) is 0 Å². The van der Waals surface area contributed by atoms with Crippen LogP contribution in [-0.4, -0.2) is 31.6 Å². The number of rotatable bonds is 5. The minimum atomic E-state index is 0. The summed E-state index contributed by atoms with van der Waals surface area (Å²) in [4.78, 5) is 7.08. The molecular formula is C17H25IN4OS. The third-order valence-corrected chi connectivity index (χ3v) is 4.90. The summed E-state index contributed by atoms with van der Waals surface area (Å²) in [6.07, 6.45) is 3.94. The first-order valence-electron chi connectivity index (χ1n) is 8.21. The van der Waals surface area contributed by atoms with Crippen molar-refractivity contribution in [1.29, 1.82) is 0 Å². The zero-order chi connectivity index (χ0) is 15.9. The smallest absolute Gasteiger partial charge is 0.191 e. The number of piperidine rings is 1. The maximum atomic E-state index is 5.34. The van der Waals surface area contributed by atoms with Crippen LogP contribution < -0.4 is 15.5 Å². The van der Waals surface area contributed by atoms with Gasteiger partial charge in [0.2, 0.25) is 0 Å². The standard InChI is InChI=1S/C17H24N4OS.HI/c1-2-18-17(19-13-15-5-3-11-22-15)20-14-7-9-21(10-8-14)16-6-4-12-23-16;/h3-6,11-12,14H,2,7-10,13H2,1H3,(H2,18,19,20);1H. The van der Waals surface area contributed by atoms with Gasteiger partial charge in [0, 0.05) is 25.7 Å². The molecule has 2 aromatic rings. The third kappa shape index (κ3) is 5.41. The van der Waals surface area contributed by atoms with Crippen LogP contribution in [0.5, 0.6) is 0 Å². The maximum Gasteiger partial charge on any atom is 0.191 e. The topological polar surface area (TPSA) is 52.8 Å². The van der Waals surface area contributed by atoms with Gasteiger partial charge in [0.05, 0.1) is 11.3 Å². The van der Waals surface area contributed by atoms with Crippen molar-refractivity contribution in [2.75, 3.05) is 24.5 Å². The molecule has 1 saturated heterocycles. The summed E-state index contributed by atoms with van der Waals surface area (Å²) in [5.74, 6) is 1.76. The largest absolute Gasteiger partial charge is 0.467 e. The summed E-state index contributed by atoms with van der Waals surface area (Å²) in [6.45, 7) is 5.70. The van der Waals surface area contributed by atoms with Gasteiger partial charge in [-0.05, 0) is 49.4 Å². The van der Waals surface area contributed by atoms with E-state index in [0.717, 1.165) is 44.2 Å². The van der Waals surface area contributed by atoms with Gasteiger partial charge in [-0.3, -0.25) is 0 Å². The molecule has 7 heteroatoms. The second kappa shape index (κ2) is 9.93. The number of anilines is 1. The molecule has 0 unspecified atom stereocenters. The third-order valence-electron chi connectivity index (χ3n) is 3.97. The van der Waals surface area contributed by atoms with Crippen LogP contribution in [0, 0.1) is 0 Å². The molecule has 2 aromatic heterocycles. The van der Waals surface area contributed by atoms with Gasteiger partial charge in [-0.15, -0.1) is 35.3 Å². The monoisotopic (exact) mass is 460 g/mol. The van der Waals surface area contributed by atoms with E-state index in [-0.39, 0.29) is 24.0 Å². The van der Waals surface area contributed by atoms with E-state index in [1.54, 1.807) is 6.26 Å². The number of halogens is 1. The molecule has 0 spiro atoms. The summed E-state index contributed by atoms with van der Waals surface area (Å²) in [5.41, 5.74) is 0. The average molecular weight is 460 g/mol. The van der Waals surface area contributed by atoms with Crippen LogP contribution in [0.2, 0.25) is 0 Å². The van der Waals surface area contributed by atoms with Crippen molar-refractivity contribution in [3.8, 4) is 0 Å². The fourth-order valence-corrected chi connectivity index (χ4v) is 3.55. The van der Waals surface area contributed by atoms with Crippen LogP contribution in [0.1, 0.15) is 25.5 Å². The van der Waals surface area contributed by atoms with E-state index in [2.05, 4.69) is 45.0 Å². The van der Waals surface area contributed by atoms with E-state index in [4.69, 9.17) is 4.42 Å². The van der Waals surface area contributed by atoms with Crippen LogP contribution in [0.3, 0.4) is 0 Å². The normalized spacial score (nSPS) is 15.9. The van der Waals surface area contributed by atoms with E-state index in [9.17, 15) is 0 Å². The molecule has 0 aromatic carbocycles. The Morgan fingerprint density at radius 2 is 2.17 bits per heavy atom. The van der Waals surface area contributed by atoms with E-state index in [1.165, 1.54) is 5.00 Å². The minimum absolute atomic E-state index is 0. The fraction of sp³-hybridized carbons (Fsp3) is 0.471. The average Bonchev–Trinajstić information content (AvgIpc) is 3.27. The lowest BCUT2D eigenvalue weighted by Gasteiger charge is -2.33. The maximum absolute atomic E-state index is 5.34. The SMILES string of the molecule is CCNC(=NCc1ccco1)NC1CCN(c2cccs2)CC1.I. The first-order chi connectivity index (χ1) is 11.3. The van der Waals surface area contributed by atoms with Crippen molar-refractivity contribution in [2.24, 2.45) is 4.99 Å². The molecular weight excluding hydrogens is 435 g/mol. The van der Waals surface area contributed by atoms with Crippen LogP contribution in [0.15, 0.2) is 45.3 Å².